The van der Waals surface area contributed by atoms with Gasteiger partial charge in [0.25, 0.3) is 0 Å². The highest BCUT2D eigenvalue weighted by atomic mass is 32.2. The van der Waals surface area contributed by atoms with Gasteiger partial charge in [0.15, 0.2) is 11.5 Å². The van der Waals surface area contributed by atoms with Crippen LogP contribution in [0.5, 0.6) is 11.5 Å². The van der Waals surface area contributed by atoms with Crippen molar-refractivity contribution in [2.75, 3.05) is 32.1 Å². The SMILES string of the molecule is CCOc1ccc(NC(=O)CN(C)S(=O)(=O)c2ccc(F)cc2)cc1OCC. The zero-order chi connectivity index (χ0) is 20.7. The molecule has 2 rings (SSSR count). The molecule has 0 heterocycles. The van der Waals surface area contributed by atoms with Crippen LogP contribution in [0.25, 0.3) is 0 Å². The van der Waals surface area contributed by atoms with Crippen molar-refractivity contribution in [3.05, 3.63) is 48.3 Å². The van der Waals surface area contributed by atoms with E-state index in [0.29, 0.717) is 30.4 Å². The number of halogens is 1. The van der Waals surface area contributed by atoms with Crippen molar-refractivity contribution in [1.82, 2.24) is 4.31 Å². The Morgan fingerprint density at radius 2 is 1.64 bits per heavy atom. The lowest BCUT2D eigenvalue weighted by molar-refractivity contribution is -0.116. The molecule has 0 spiro atoms. The van der Waals surface area contributed by atoms with Gasteiger partial charge in [-0.3, -0.25) is 4.79 Å². The van der Waals surface area contributed by atoms with E-state index in [1.807, 2.05) is 13.8 Å². The van der Waals surface area contributed by atoms with E-state index in [9.17, 15) is 17.6 Å². The van der Waals surface area contributed by atoms with Crippen LogP contribution in [0.1, 0.15) is 13.8 Å². The van der Waals surface area contributed by atoms with E-state index in [0.717, 1.165) is 28.6 Å². The second-order valence-corrected chi connectivity index (χ2v) is 7.84. The van der Waals surface area contributed by atoms with Crippen molar-refractivity contribution < 1.29 is 27.1 Å². The van der Waals surface area contributed by atoms with Gasteiger partial charge in [-0.2, -0.15) is 4.31 Å². The number of sulfonamides is 1. The summed E-state index contributed by atoms with van der Waals surface area (Å²) in [5, 5.41) is 2.63. The Hall–Kier alpha value is -2.65. The maximum atomic E-state index is 13.0. The molecule has 0 atom stereocenters. The fourth-order valence-corrected chi connectivity index (χ4v) is 3.53. The summed E-state index contributed by atoms with van der Waals surface area (Å²) in [4.78, 5) is 12.2. The van der Waals surface area contributed by atoms with Gasteiger partial charge in [-0.25, -0.2) is 12.8 Å². The standard InChI is InChI=1S/C19H23FN2O5S/c1-4-26-17-11-8-15(12-18(17)27-5-2)21-19(23)13-22(3)28(24,25)16-9-6-14(20)7-10-16/h6-12H,4-5,13H2,1-3H3,(H,21,23). The number of anilines is 1. The quantitative estimate of drug-likeness (QED) is 0.687. The third-order valence-corrected chi connectivity index (χ3v) is 5.53. The van der Waals surface area contributed by atoms with Crippen LogP contribution < -0.4 is 14.8 Å². The molecular weight excluding hydrogens is 387 g/mol. The number of likely N-dealkylation sites (N-methyl/N-ethyl adjacent to an activating group) is 1. The van der Waals surface area contributed by atoms with E-state index in [4.69, 9.17) is 9.47 Å². The molecule has 0 aliphatic rings. The number of ether oxygens (including phenoxy) is 2. The van der Waals surface area contributed by atoms with Gasteiger partial charge in [0.2, 0.25) is 15.9 Å². The molecule has 2 aromatic rings. The molecule has 0 aromatic heterocycles. The fraction of sp³-hybridized carbons (Fsp3) is 0.316. The molecule has 0 saturated heterocycles. The van der Waals surface area contributed by atoms with E-state index in [1.54, 1.807) is 18.2 Å². The Labute approximate surface area is 164 Å². The molecule has 1 amide bonds. The summed E-state index contributed by atoms with van der Waals surface area (Å²) < 4.78 is 49.8. The Morgan fingerprint density at radius 3 is 2.25 bits per heavy atom. The zero-order valence-corrected chi connectivity index (χ0v) is 16.8. The van der Waals surface area contributed by atoms with Crippen LogP contribution in [0.4, 0.5) is 10.1 Å². The molecule has 9 heteroatoms. The molecule has 2 aromatic carbocycles. The van der Waals surface area contributed by atoms with Crippen molar-refractivity contribution in [2.24, 2.45) is 0 Å². The summed E-state index contributed by atoms with van der Waals surface area (Å²) in [7, 11) is -2.63. The number of nitrogens with one attached hydrogen (secondary N) is 1. The minimum atomic E-state index is -3.91. The molecule has 0 bridgehead atoms. The van der Waals surface area contributed by atoms with Crippen LogP contribution in [-0.4, -0.2) is 45.4 Å². The van der Waals surface area contributed by atoms with E-state index >= 15 is 0 Å². The summed E-state index contributed by atoms with van der Waals surface area (Å²) in [5.74, 6) is -0.0347. The summed E-state index contributed by atoms with van der Waals surface area (Å²) in [6.45, 7) is 4.17. The van der Waals surface area contributed by atoms with Crippen molar-refractivity contribution >= 4 is 21.6 Å². The zero-order valence-electron chi connectivity index (χ0n) is 15.9. The average Bonchev–Trinajstić information content (AvgIpc) is 2.64. The Balaban J connectivity index is 2.08. The van der Waals surface area contributed by atoms with Crippen molar-refractivity contribution in [2.45, 2.75) is 18.7 Å². The van der Waals surface area contributed by atoms with Crippen LogP contribution in [0.3, 0.4) is 0 Å². The lowest BCUT2D eigenvalue weighted by Gasteiger charge is -2.17. The van der Waals surface area contributed by atoms with Gasteiger partial charge in [0.05, 0.1) is 24.7 Å². The highest BCUT2D eigenvalue weighted by molar-refractivity contribution is 7.89. The molecule has 0 radical (unpaired) electrons. The molecule has 1 N–H and O–H groups in total. The lowest BCUT2D eigenvalue weighted by Crippen LogP contribution is -2.35. The molecule has 0 saturated carbocycles. The maximum Gasteiger partial charge on any atom is 0.243 e. The van der Waals surface area contributed by atoms with Gasteiger partial charge in [-0.1, -0.05) is 0 Å². The van der Waals surface area contributed by atoms with Crippen LogP contribution >= 0.6 is 0 Å². The summed E-state index contributed by atoms with van der Waals surface area (Å²) in [5.41, 5.74) is 0.449. The van der Waals surface area contributed by atoms with E-state index < -0.39 is 28.3 Å². The summed E-state index contributed by atoms with van der Waals surface area (Å²) >= 11 is 0. The highest BCUT2D eigenvalue weighted by Gasteiger charge is 2.23. The first kappa shape index (κ1) is 21.6. The molecule has 7 nitrogen and oxygen atoms in total. The van der Waals surface area contributed by atoms with Crippen molar-refractivity contribution in [1.29, 1.82) is 0 Å². The molecule has 0 unspecified atom stereocenters. The first-order valence-corrected chi connectivity index (χ1v) is 10.1. The predicted molar refractivity (Wildman–Crippen MR) is 104 cm³/mol. The number of rotatable bonds is 9. The number of hydrogen-bond acceptors (Lipinski definition) is 5. The first-order valence-electron chi connectivity index (χ1n) is 8.69. The van der Waals surface area contributed by atoms with Gasteiger partial charge < -0.3 is 14.8 Å². The van der Waals surface area contributed by atoms with Crippen LogP contribution in [0.2, 0.25) is 0 Å². The first-order chi connectivity index (χ1) is 13.3. The third kappa shape index (κ3) is 5.43. The van der Waals surface area contributed by atoms with Crippen molar-refractivity contribution in [3.8, 4) is 11.5 Å². The van der Waals surface area contributed by atoms with Crippen LogP contribution in [0.15, 0.2) is 47.4 Å². The molecular formula is C19H23FN2O5S. The minimum absolute atomic E-state index is 0.0936. The molecule has 28 heavy (non-hydrogen) atoms. The van der Waals surface area contributed by atoms with Gasteiger partial charge >= 0.3 is 0 Å². The number of carbonyl (C=O) groups is 1. The highest BCUT2D eigenvalue weighted by Crippen LogP contribution is 2.30. The Morgan fingerprint density at radius 1 is 1.04 bits per heavy atom. The Bertz CT molecular complexity index is 916. The largest absolute Gasteiger partial charge is 0.490 e. The Kier molecular flexibility index (Phi) is 7.36. The maximum absolute atomic E-state index is 13.0. The molecule has 0 aliphatic carbocycles. The van der Waals surface area contributed by atoms with E-state index in [1.165, 1.54) is 7.05 Å². The summed E-state index contributed by atoms with van der Waals surface area (Å²) in [6, 6.07) is 9.33. The molecule has 152 valence electrons. The number of carbonyl (C=O) groups excluding carboxylic acids is 1. The smallest absolute Gasteiger partial charge is 0.243 e. The van der Waals surface area contributed by atoms with Crippen LogP contribution in [0, 0.1) is 5.82 Å². The van der Waals surface area contributed by atoms with Crippen molar-refractivity contribution in [3.63, 3.8) is 0 Å². The normalized spacial score (nSPS) is 11.3. The van der Waals surface area contributed by atoms with Gasteiger partial charge in [0, 0.05) is 18.8 Å². The van der Waals surface area contributed by atoms with Crippen LogP contribution in [-0.2, 0) is 14.8 Å². The fourth-order valence-electron chi connectivity index (χ4n) is 2.40. The number of hydrogen-bond donors (Lipinski definition) is 1. The second kappa shape index (κ2) is 9.52. The van der Waals surface area contributed by atoms with E-state index in [-0.39, 0.29) is 4.90 Å². The molecule has 0 fully saturated rings. The lowest BCUT2D eigenvalue weighted by atomic mass is 10.2. The average molecular weight is 410 g/mol. The predicted octanol–water partition coefficient (Wildman–Crippen LogP) is 2.88. The minimum Gasteiger partial charge on any atom is -0.490 e. The number of amides is 1. The topological polar surface area (TPSA) is 84.9 Å². The van der Waals surface area contributed by atoms with Gasteiger partial charge in [-0.05, 0) is 50.2 Å². The number of nitrogens with zero attached hydrogens (tertiary/aromatic N) is 1. The van der Waals surface area contributed by atoms with E-state index in [2.05, 4.69) is 5.32 Å². The molecule has 0 aliphatic heterocycles. The van der Waals surface area contributed by atoms with Gasteiger partial charge in [-0.15, -0.1) is 0 Å². The second-order valence-electron chi connectivity index (χ2n) is 5.79. The summed E-state index contributed by atoms with van der Waals surface area (Å²) in [6.07, 6.45) is 0. The monoisotopic (exact) mass is 410 g/mol. The van der Waals surface area contributed by atoms with Gasteiger partial charge in [0.1, 0.15) is 5.82 Å². The number of benzene rings is 2. The third-order valence-electron chi connectivity index (χ3n) is 3.72.